The molecule has 1 amide bonds. The molecule has 1 saturated heterocycles. The molecule has 0 unspecified atom stereocenters. The van der Waals surface area contributed by atoms with E-state index >= 15 is 0 Å². The quantitative estimate of drug-likeness (QED) is 0.521. The van der Waals surface area contributed by atoms with Crippen molar-refractivity contribution in [2.75, 3.05) is 33.4 Å². The number of carbonyl (C=O) groups is 2. The lowest BCUT2D eigenvalue weighted by Crippen LogP contribution is -2.40. The Labute approximate surface area is 201 Å². The molecule has 0 spiro atoms. The molecule has 35 heavy (non-hydrogen) atoms. The third-order valence-corrected chi connectivity index (χ3v) is 6.97. The number of rotatable bonds is 4. The van der Waals surface area contributed by atoms with Crippen LogP contribution in [-0.4, -0.2) is 65.7 Å². The van der Waals surface area contributed by atoms with Crippen LogP contribution in [0.15, 0.2) is 48.7 Å². The lowest BCUT2D eigenvalue weighted by atomic mass is 9.74. The highest BCUT2D eigenvalue weighted by atomic mass is 19.3. The van der Waals surface area contributed by atoms with E-state index in [0.717, 1.165) is 16.6 Å². The number of amides is 1. The normalized spacial score (nSPS) is 22.2. The second-order valence-corrected chi connectivity index (χ2v) is 9.11. The first-order chi connectivity index (χ1) is 16.9. The van der Waals surface area contributed by atoms with Gasteiger partial charge in [-0.3, -0.25) is 9.59 Å². The van der Waals surface area contributed by atoms with E-state index in [9.17, 15) is 18.4 Å². The zero-order valence-corrected chi connectivity index (χ0v) is 19.5. The highest BCUT2D eigenvalue weighted by Crippen LogP contribution is 2.48. The van der Waals surface area contributed by atoms with Crippen LogP contribution in [0.2, 0.25) is 0 Å². The standard InChI is InChI=1S/C26H27F2N3O4/c1-34-25(33)20-16-26(27,28)10-9-19(20)23-22(21-4-2-3-11-31(21)29-23)17-5-7-18(8-6-17)24(32)30-12-14-35-15-13-30/h2-8,11,19-20H,9-10,12-16H2,1H3/t19-,20-/m1/s1. The van der Waals surface area contributed by atoms with Crippen LogP contribution >= 0.6 is 0 Å². The summed E-state index contributed by atoms with van der Waals surface area (Å²) in [5, 5.41) is 4.73. The summed E-state index contributed by atoms with van der Waals surface area (Å²) >= 11 is 0. The number of benzene rings is 1. The van der Waals surface area contributed by atoms with E-state index in [1.54, 1.807) is 27.7 Å². The summed E-state index contributed by atoms with van der Waals surface area (Å²) in [6, 6.07) is 12.9. The van der Waals surface area contributed by atoms with Crippen molar-refractivity contribution in [3.8, 4) is 11.1 Å². The smallest absolute Gasteiger partial charge is 0.309 e. The molecular formula is C26H27F2N3O4. The first kappa shape index (κ1) is 23.4. The number of hydrogen-bond donors (Lipinski definition) is 0. The fraction of sp³-hybridized carbons (Fsp3) is 0.423. The fourth-order valence-electron chi connectivity index (χ4n) is 5.16. The Balaban J connectivity index is 1.54. The molecule has 0 radical (unpaired) electrons. The van der Waals surface area contributed by atoms with E-state index < -0.39 is 30.1 Å². The van der Waals surface area contributed by atoms with Crippen LogP contribution < -0.4 is 0 Å². The maximum atomic E-state index is 14.3. The van der Waals surface area contributed by atoms with E-state index in [1.165, 1.54) is 7.11 Å². The molecule has 1 aliphatic carbocycles. The topological polar surface area (TPSA) is 73.1 Å². The number of alkyl halides is 2. The minimum Gasteiger partial charge on any atom is -0.469 e. The van der Waals surface area contributed by atoms with Crippen molar-refractivity contribution in [1.82, 2.24) is 14.5 Å². The van der Waals surface area contributed by atoms with Crippen molar-refractivity contribution in [3.63, 3.8) is 0 Å². The van der Waals surface area contributed by atoms with E-state index in [-0.39, 0.29) is 18.7 Å². The average Bonchev–Trinajstić information content (AvgIpc) is 3.27. The van der Waals surface area contributed by atoms with Crippen molar-refractivity contribution in [2.24, 2.45) is 5.92 Å². The van der Waals surface area contributed by atoms with Crippen molar-refractivity contribution in [3.05, 3.63) is 59.9 Å². The van der Waals surface area contributed by atoms with Gasteiger partial charge in [-0.15, -0.1) is 0 Å². The number of nitrogens with zero attached hydrogens (tertiary/aromatic N) is 3. The van der Waals surface area contributed by atoms with Crippen LogP contribution in [0.25, 0.3) is 16.6 Å². The van der Waals surface area contributed by atoms with Crippen LogP contribution in [0.4, 0.5) is 8.78 Å². The van der Waals surface area contributed by atoms with Gasteiger partial charge in [0.25, 0.3) is 5.91 Å². The molecule has 1 aliphatic heterocycles. The van der Waals surface area contributed by atoms with E-state index in [2.05, 4.69) is 0 Å². The summed E-state index contributed by atoms with van der Waals surface area (Å²) in [5.41, 5.74) is 3.55. The molecule has 0 bridgehead atoms. The molecular weight excluding hydrogens is 456 g/mol. The van der Waals surface area contributed by atoms with Crippen LogP contribution in [0.1, 0.15) is 41.2 Å². The van der Waals surface area contributed by atoms with Gasteiger partial charge >= 0.3 is 5.97 Å². The SMILES string of the molecule is COC(=O)[C@@H]1CC(F)(F)CC[C@H]1c1nn2ccccc2c1-c1ccc(C(=O)N2CCOCC2)cc1. The Kier molecular flexibility index (Phi) is 6.27. The molecule has 2 aromatic heterocycles. The molecule has 184 valence electrons. The van der Waals surface area contributed by atoms with Crippen LogP contribution in [0.5, 0.6) is 0 Å². The number of carbonyl (C=O) groups excluding carboxylic acids is 2. The van der Waals surface area contributed by atoms with Crippen molar-refractivity contribution < 1.29 is 27.8 Å². The van der Waals surface area contributed by atoms with Gasteiger partial charge in [0.2, 0.25) is 5.92 Å². The second-order valence-electron chi connectivity index (χ2n) is 9.11. The van der Waals surface area contributed by atoms with Gasteiger partial charge in [-0.05, 0) is 36.2 Å². The highest BCUT2D eigenvalue weighted by molar-refractivity contribution is 5.95. The van der Waals surface area contributed by atoms with Gasteiger partial charge in [0.15, 0.2) is 0 Å². The van der Waals surface area contributed by atoms with Gasteiger partial charge in [0.05, 0.1) is 37.5 Å². The van der Waals surface area contributed by atoms with Gasteiger partial charge in [0, 0.05) is 49.2 Å². The van der Waals surface area contributed by atoms with Gasteiger partial charge in [0.1, 0.15) is 0 Å². The summed E-state index contributed by atoms with van der Waals surface area (Å²) in [6.45, 7) is 2.16. The average molecular weight is 484 g/mol. The summed E-state index contributed by atoms with van der Waals surface area (Å²) in [6.07, 6.45) is 1.04. The molecule has 9 heteroatoms. The number of esters is 1. The largest absolute Gasteiger partial charge is 0.469 e. The molecule has 1 aromatic carbocycles. The Bertz CT molecular complexity index is 1240. The Hall–Kier alpha value is -3.33. The Morgan fingerprint density at radius 2 is 1.86 bits per heavy atom. The van der Waals surface area contributed by atoms with Gasteiger partial charge in [-0.25, -0.2) is 13.3 Å². The Morgan fingerprint density at radius 1 is 1.11 bits per heavy atom. The first-order valence-corrected chi connectivity index (χ1v) is 11.8. The van der Waals surface area contributed by atoms with Crippen LogP contribution in [-0.2, 0) is 14.3 Å². The number of pyridine rings is 1. The highest BCUT2D eigenvalue weighted by Gasteiger charge is 2.47. The third kappa shape index (κ3) is 4.52. The molecule has 3 aromatic rings. The molecule has 7 nitrogen and oxygen atoms in total. The maximum absolute atomic E-state index is 14.3. The number of ether oxygens (including phenoxy) is 2. The lowest BCUT2D eigenvalue weighted by Gasteiger charge is -2.34. The number of halogens is 2. The zero-order valence-electron chi connectivity index (χ0n) is 19.5. The monoisotopic (exact) mass is 483 g/mol. The maximum Gasteiger partial charge on any atom is 0.309 e. The van der Waals surface area contributed by atoms with Crippen LogP contribution in [0.3, 0.4) is 0 Å². The molecule has 5 rings (SSSR count). The van der Waals surface area contributed by atoms with E-state index in [1.807, 2.05) is 30.3 Å². The van der Waals surface area contributed by atoms with Crippen molar-refractivity contribution >= 4 is 17.4 Å². The van der Waals surface area contributed by atoms with Gasteiger partial charge < -0.3 is 14.4 Å². The van der Waals surface area contributed by atoms with Crippen molar-refractivity contribution in [2.45, 2.75) is 31.1 Å². The number of methoxy groups -OCH3 is 1. The zero-order chi connectivity index (χ0) is 24.6. The number of morpholine rings is 1. The fourth-order valence-corrected chi connectivity index (χ4v) is 5.16. The summed E-state index contributed by atoms with van der Waals surface area (Å²) in [7, 11) is 1.22. The predicted molar refractivity (Wildman–Crippen MR) is 124 cm³/mol. The van der Waals surface area contributed by atoms with Crippen LogP contribution in [0, 0.1) is 5.92 Å². The number of aromatic nitrogens is 2. The summed E-state index contributed by atoms with van der Waals surface area (Å²) < 4.78 is 40.5. The molecule has 2 atom stereocenters. The van der Waals surface area contributed by atoms with Crippen molar-refractivity contribution in [1.29, 1.82) is 0 Å². The molecule has 2 fully saturated rings. The second kappa shape index (κ2) is 9.37. The molecule has 1 saturated carbocycles. The summed E-state index contributed by atoms with van der Waals surface area (Å²) in [5.74, 6) is -5.12. The van der Waals surface area contributed by atoms with Gasteiger partial charge in [-0.1, -0.05) is 18.2 Å². The summed E-state index contributed by atoms with van der Waals surface area (Å²) in [4.78, 5) is 27.2. The third-order valence-electron chi connectivity index (χ3n) is 6.97. The molecule has 0 N–H and O–H groups in total. The number of hydrogen-bond acceptors (Lipinski definition) is 5. The Morgan fingerprint density at radius 3 is 2.57 bits per heavy atom. The minimum atomic E-state index is -2.92. The number of fused-ring (bicyclic) bond motifs is 1. The first-order valence-electron chi connectivity index (χ1n) is 11.8. The van der Waals surface area contributed by atoms with E-state index in [4.69, 9.17) is 14.6 Å². The predicted octanol–water partition coefficient (Wildman–Crippen LogP) is 4.17. The van der Waals surface area contributed by atoms with Gasteiger partial charge in [-0.2, -0.15) is 5.10 Å². The molecule has 2 aliphatic rings. The lowest BCUT2D eigenvalue weighted by molar-refractivity contribution is -0.154. The minimum absolute atomic E-state index is 0.0554. The molecule has 3 heterocycles. The van der Waals surface area contributed by atoms with E-state index in [0.29, 0.717) is 37.6 Å².